The number of benzene rings is 1. The van der Waals surface area contributed by atoms with Crippen LogP contribution < -0.4 is 0 Å². The molecule has 0 radical (unpaired) electrons. The SMILES string of the molecule is Cc1ccc(-c2ccnc(Cl)c2)cc1Cl. The van der Waals surface area contributed by atoms with E-state index in [0.717, 1.165) is 21.7 Å². The molecule has 1 aromatic heterocycles. The van der Waals surface area contributed by atoms with E-state index in [1.807, 2.05) is 37.3 Å². The van der Waals surface area contributed by atoms with Crippen LogP contribution in [0.4, 0.5) is 0 Å². The maximum Gasteiger partial charge on any atom is 0.129 e. The van der Waals surface area contributed by atoms with E-state index in [1.165, 1.54) is 0 Å². The molecule has 1 aromatic carbocycles. The van der Waals surface area contributed by atoms with Crippen molar-refractivity contribution in [3.8, 4) is 11.1 Å². The minimum Gasteiger partial charge on any atom is -0.245 e. The van der Waals surface area contributed by atoms with Gasteiger partial charge in [-0.05, 0) is 41.8 Å². The van der Waals surface area contributed by atoms with E-state index in [4.69, 9.17) is 23.2 Å². The van der Waals surface area contributed by atoms with Crippen LogP contribution >= 0.6 is 23.2 Å². The lowest BCUT2D eigenvalue weighted by atomic mass is 10.1. The topological polar surface area (TPSA) is 12.9 Å². The first-order valence-corrected chi connectivity index (χ1v) is 5.30. The Kier molecular flexibility index (Phi) is 2.94. The third kappa shape index (κ3) is 2.31. The lowest BCUT2D eigenvalue weighted by Crippen LogP contribution is -1.82. The third-order valence-electron chi connectivity index (χ3n) is 2.23. The first-order chi connectivity index (χ1) is 7.16. The summed E-state index contributed by atoms with van der Waals surface area (Å²) in [5.74, 6) is 0. The number of nitrogens with zero attached hydrogens (tertiary/aromatic N) is 1. The predicted molar refractivity (Wildman–Crippen MR) is 64.4 cm³/mol. The second-order valence-corrected chi connectivity index (χ2v) is 4.13. The van der Waals surface area contributed by atoms with Gasteiger partial charge in [-0.25, -0.2) is 4.98 Å². The fraction of sp³-hybridized carbons (Fsp3) is 0.0833. The second-order valence-electron chi connectivity index (χ2n) is 3.33. The van der Waals surface area contributed by atoms with Crippen LogP contribution in [0.3, 0.4) is 0 Å². The van der Waals surface area contributed by atoms with Crippen LogP contribution in [0, 0.1) is 6.92 Å². The van der Waals surface area contributed by atoms with Crippen molar-refractivity contribution in [2.24, 2.45) is 0 Å². The van der Waals surface area contributed by atoms with Crippen molar-refractivity contribution in [3.63, 3.8) is 0 Å². The largest absolute Gasteiger partial charge is 0.245 e. The molecule has 0 bridgehead atoms. The molecule has 0 aliphatic rings. The molecule has 0 aliphatic heterocycles. The van der Waals surface area contributed by atoms with Gasteiger partial charge >= 0.3 is 0 Å². The highest BCUT2D eigenvalue weighted by Gasteiger charge is 2.01. The Labute approximate surface area is 98.7 Å². The van der Waals surface area contributed by atoms with Gasteiger partial charge in [-0.1, -0.05) is 35.3 Å². The molecule has 0 N–H and O–H groups in total. The zero-order valence-electron chi connectivity index (χ0n) is 8.17. The van der Waals surface area contributed by atoms with Crippen LogP contribution in [-0.2, 0) is 0 Å². The summed E-state index contributed by atoms with van der Waals surface area (Å²) in [5.41, 5.74) is 3.15. The molecule has 0 fully saturated rings. The first kappa shape index (κ1) is 10.5. The molecule has 15 heavy (non-hydrogen) atoms. The van der Waals surface area contributed by atoms with Gasteiger partial charge in [0, 0.05) is 11.2 Å². The fourth-order valence-corrected chi connectivity index (χ4v) is 1.71. The summed E-state index contributed by atoms with van der Waals surface area (Å²) < 4.78 is 0. The average molecular weight is 238 g/mol. The number of aromatic nitrogens is 1. The second kappa shape index (κ2) is 4.21. The van der Waals surface area contributed by atoms with Crippen molar-refractivity contribution >= 4 is 23.2 Å². The molecular formula is C12H9Cl2N. The summed E-state index contributed by atoms with van der Waals surface area (Å²) >= 11 is 11.9. The summed E-state index contributed by atoms with van der Waals surface area (Å²) in [6.07, 6.45) is 1.69. The average Bonchev–Trinajstić information content (AvgIpc) is 2.22. The minimum atomic E-state index is 0.490. The molecule has 0 aliphatic carbocycles. The van der Waals surface area contributed by atoms with E-state index in [9.17, 15) is 0 Å². The molecule has 1 heterocycles. The lowest BCUT2D eigenvalue weighted by Gasteiger charge is -2.04. The highest BCUT2D eigenvalue weighted by molar-refractivity contribution is 6.31. The van der Waals surface area contributed by atoms with E-state index in [-0.39, 0.29) is 0 Å². The molecule has 0 amide bonds. The third-order valence-corrected chi connectivity index (χ3v) is 2.85. The number of hydrogen-bond acceptors (Lipinski definition) is 1. The van der Waals surface area contributed by atoms with E-state index in [2.05, 4.69) is 4.98 Å². The van der Waals surface area contributed by atoms with Gasteiger partial charge in [-0.15, -0.1) is 0 Å². The van der Waals surface area contributed by atoms with Gasteiger partial charge in [-0.2, -0.15) is 0 Å². The number of pyridine rings is 1. The van der Waals surface area contributed by atoms with E-state index < -0.39 is 0 Å². The monoisotopic (exact) mass is 237 g/mol. The van der Waals surface area contributed by atoms with Gasteiger partial charge in [0.15, 0.2) is 0 Å². The van der Waals surface area contributed by atoms with Crippen LogP contribution in [0.5, 0.6) is 0 Å². The van der Waals surface area contributed by atoms with Gasteiger partial charge in [0.1, 0.15) is 5.15 Å². The molecule has 0 saturated heterocycles. The normalized spacial score (nSPS) is 10.3. The summed E-state index contributed by atoms with van der Waals surface area (Å²) in [4.78, 5) is 3.94. The van der Waals surface area contributed by atoms with Crippen molar-refractivity contribution in [3.05, 3.63) is 52.3 Å². The Bertz CT molecular complexity index is 495. The summed E-state index contributed by atoms with van der Waals surface area (Å²) in [7, 11) is 0. The summed E-state index contributed by atoms with van der Waals surface area (Å²) in [6, 6.07) is 9.68. The van der Waals surface area contributed by atoms with Crippen LogP contribution in [0.1, 0.15) is 5.56 Å². The Hall–Kier alpha value is -1.05. The van der Waals surface area contributed by atoms with Crippen molar-refractivity contribution in [1.82, 2.24) is 4.98 Å². The van der Waals surface area contributed by atoms with Gasteiger partial charge in [-0.3, -0.25) is 0 Å². The zero-order valence-corrected chi connectivity index (χ0v) is 9.68. The highest BCUT2D eigenvalue weighted by Crippen LogP contribution is 2.26. The van der Waals surface area contributed by atoms with Gasteiger partial charge in [0.2, 0.25) is 0 Å². The van der Waals surface area contributed by atoms with Crippen LogP contribution in [0.15, 0.2) is 36.5 Å². The van der Waals surface area contributed by atoms with Crippen LogP contribution in [0.2, 0.25) is 10.2 Å². The Balaban J connectivity index is 2.50. The number of rotatable bonds is 1. The quantitative estimate of drug-likeness (QED) is 0.672. The van der Waals surface area contributed by atoms with E-state index in [0.29, 0.717) is 5.15 Å². The van der Waals surface area contributed by atoms with Gasteiger partial charge in [0.05, 0.1) is 0 Å². The summed E-state index contributed by atoms with van der Waals surface area (Å²) in [6.45, 7) is 1.98. The molecule has 3 heteroatoms. The first-order valence-electron chi connectivity index (χ1n) is 4.55. The Morgan fingerprint density at radius 2 is 1.73 bits per heavy atom. The van der Waals surface area contributed by atoms with Crippen LogP contribution in [0.25, 0.3) is 11.1 Å². The smallest absolute Gasteiger partial charge is 0.129 e. The van der Waals surface area contributed by atoms with Crippen molar-refractivity contribution < 1.29 is 0 Å². The zero-order chi connectivity index (χ0) is 10.8. The minimum absolute atomic E-state index is 0.490. The van der Waals surface area contributed by atoms with Crippen LogP contribution in [-0.4, -0.2) is 4.98 Å². The molecule has 0 saturated carbocycles. The Morgan fingerprint density at radius 1 is 1.00 bits per heavy atom. The van der Waals surface area contributed by atoms with E-state index >= 15 is 0 Å². The van der Waals surface area contributed by atoms with Crippen molar-refractivity contribution in [2.45, 2.75) is 6.92 Å². The summed E-state index contributed by atoms with van der Waals surface area (Å²) in [5, 5.41) is 1.25. The maximum absolute atomic E-state index is 6.05. The van der Waals surface area contributed by atoms with E-state index in [1.54, 1.807) is 6.20 Å². The van der Waals surface area contributed by atoms with Gasteiger partial charge in [0.25, 0.3) is 0 Å². The molecule has 76 valence electrons. The molecule has 0 unspecified atom stereocenters. The molecule has 1 nitrogen and oxygen atoms in total. The molecule has 0 atom stereocenters. The number of hydrogen-bond donors (Lipinski definition) is 0. The molecule has 2 rings (SSSR count). The molecule has 0 spiro atoms. The Morgan fingerprint density at radius 3 is 2.40 bits per heavy atom. The standard InChI is InChI=1S/C12H9Cl2N/c1-8-2-3-9(6-11(8)13)10-4-5-15-12(14)7-10/h2-7H,1H3. The fourth-order valence-electron chi connectivity index (χ4n) is 1.35. The molecular weight excluding hydrogens is 229 g/mol. The van der Waals surface area contributed by atoms with Crippen molar-refractivity contribution in [2.75, 3.05) is 0 Å². The van der Waals surface area contributed by atoms with Crippen molar-refractivity contribution in [1.29, 1.82) is 0 Å². The van der Waals surface area contributed by atoms with Gasteiger partial charge < -0.3 is 0 Å². The lowest BCUT2D eigenvalue weighted by molar-refractivity contribution is 1.33. The molecule has 2 aromatic rings. The highest BCUT2D eigenvalue weighted by atomic mass is 35.5. The number of aryl methyl sites for hydroxylation is 1. The predicted octanol–water partition coefficient (Wildman–Crippen LogP) is 4.36. The number of halogens is 2. The maximum atomic E-state index is 6.05.